The highest BCUT2D eigenvalue weighted by Crippen LogP contribution is 2.58. The first-order valence-electron chi connectivity index (χ1n) is 19.5. The lowest BCUT2D eigenvalue weighted by molar-refractivity contribution is -0.175. The zero-order valence-electron chi connectivity index (χ0n) is 34.1. The largest absolute Gasteiger partial charge is 0.475 e. The van der Waals surface area contributed by atoms with Gasteiger partial charge in [-0.15, -0.1) is 0 Å². The molecule has 1 amide bonds. The number of nitrogens with zero attached hydrogens (tertiary/aromatic N) is 3. The molecule has 0 spiro atoms. The third-order valence-electron chi connectivity index (χ3n) is 11.0. The first-order valence-corrected chi connectivity index (χ1v) is 20.9. The standard InChI is InChI=1S/C39H49N6O14P/c1-8-39-20-53-32(36(58-39)45-18-24(5)35(49)43-38(45)51)33(39)59-60(52,54-12-11-40-7)55-19-28-27(15-30(56-28)44-17-23(4)34(48)42-37(44)50)57-31(47)10-9-29(46)41-16-26-13-21(2)25(6)22(3)14-26/h13-14,17-18,27-28,30,32-33,36H,8-12,15-16,19-20H2,1-6H3,(H,41,46)(H,42,48,50)(H,43,49,51). The second-order valence-corrected chi connectivity index (χ2v) is 16.8. The Morgan fingerprint density at radius 2 is 1.62 bits per heavy atom. The van der Waals surface area contributed by atoms with Crippen LogP contribution in [0.2, 0.25) is 0 Å². The average Bonchev–Trinajstić information content (AvgIpc) is 3.86. The van der Waals surface area contributed by atoms with Crippen LogP contribution >= 0.6 is 7.82 Å². The Labute approximate surface area is 343 Å². The number of aromatic amines is 2. The molecular weight excluding hydrogens is 807 g/mol. The summed E-state index contributed by atoms with van der Waals surface area (Å²) in [5.74, 6) is -1.14. The van der Waals surface area contributed by atoms with E-state index < -0.39 is 85.4 Å². The number of ether oxygens (including phenoxy) is 4. The minimum Gasteiger partial charge on any atom is -0.459 e. The number of aromatic nitrogens is 4. The SMILES string of the molecule is [C-]#[N+]CCOP(=O)(OCC1OC(n2cc(C)c(=O)[nH]c2=O)CC1OC(=O)CCC(=O)NCc1cc(C)c(C)c(C)c1)OC1C2OCC1(CC)OC2n1cc(C)c(=O)[nH]c1=O. The number of amides is 1. The lowest BCUT2D eigenvalue weighted by atomic mass is 9.96. The molecule has 3 fully saturated rings. The fourth-order valence-corrected chi connectivity index (χ4v) is 8.81. The molecule has 8 atom stereocenters. The van der Waals surface area contributed by atoms with E-state index in [1.54, 1.807) is 6.92 Å². The van der Waals surface area contributed by atoms with Gasteiger partial charge in [0.1, 0.15) is 42.9 Å². The van der Waals surface area contributed by atoms with Gasteiger partial charge < -0.3 is 29.1 Å². The number of H-pyrrole nitrogens is 2. The van der Waals surface area contributed by atoms with Crippen molar-refractivity contribution in [1.29, 1.82) is 0 Å². The molecule has 20 nitrogen and oxygen atoms in total. The number of carbonyl (C=O) groups excluding carboxylic acids is 2. The number of aryl methyl sites for hydroxylation is 4. The van der Waals surface area contributed by atoms with E-state index in [2.05, 4.69) is 20.1 Å². The van der Waals surface area contributed by atoms with Crippen molar-refractivity contribution in [2.24, 2.45) is 0 Å². The minimum absolute atomic E-state index is 0.00341. The number of hydrogen-bond donors (Lipinski definition) is 3. The smallest absolute Gasteiger partial charge is 0.459 e. The predicted octanol–water partition coefficient (Wildman–Crippen LogP) is 2.45. The van der Waals surface area contributed by atoms with Gasteiger partial charge in [-0.05, 0) is 63.3 Å². The maximum Gasteiger partial charge on any atom is 0.475 e. The van der Waals surface area contributed by atoms with Gasteiger partial charge in [0.15, 0.2) is 6.23 Å². The van der Waals surface area contributed by atoms with E-state index in [-0.39, 0.29) is 69.0 Å². The Balaban J connectivity index is 1.18. The molecule has 0 saturated carbocycles. The van der Waals surface area contributed by atoms with Crippen LogP contribution in [0.4, 0.5) is 0 Å². The van der Waals surface area contributed by atoms with E-state index in [1.807, 2.05) is 32.9 Å². The topological polar surface area (TPSA) is 242 Å². The molecule has 8 unspecified atom stereocenters. The van der Waals surface area contributed by atoms with Gasteiger partial charge in [0, 0.05) is 42.9 Å². The van der Waals surface area contributed by atoms with Crippen LogP contribution in [0.3, 0.4) is 0 Å². The summed E-state index contributed by atoms with van der Waals surface area (Å²) < 4.78 is 58.5. The Bertz CT molecular complexity index is 2430. The fraction of sp³-hybridized carbons (Fsp3) is 0.564. The highest BCUT2D eigenvalue weighted by Gasteiger charge is 2.64. The van der Waals surface area contributed by atoms with Crippen molar-refractivity contribution < 1.29 is 46.7 Å². The molecule has 3 aliphatic heterocycles. The first-order chi connectivity index (χ1) is 28.5. The summed E-state index contributed by atoms with van der Waals surface area (Å²) >= 11 is 0. The Morgan fingerprint density at radius 3 is 2.27 bits per heavy atom. The van der Waals surface area contributed by atoms with E-state index >= 15 is 0 Å². The normalized spacial score (nSPS) is 25.5. The quantitative estimate of drug-likeness (QED) is 0.0765. The number of nitrogens with one attached hydrogen (secondary N) is 3. The fourth-order valence-electron chi connectivity index (χ4n) is 7.38. The summed E-state index contributed by atoms with van der Waals surface area (Å²) in [7, 11) is -4.67. The van der Waals surface area contributed by atoms with E-state index in [0.29, 0.717) is 0 Å². The number of esters is 1. The molecule has 3 saturated heterocycles. The zero-order chi connectivity index (χ0) is 43.5. The molecule has 21 heteroatoms. The summed E-state index contributed by atoms with van der Waals surface area (Å²) in [4.78, 5) is 83.5. The minimum atomic E-state index is -4.67. The van der Waals surface area contributed by atoms with Crippen LogP contribution in [-0.4, -0.2) is 87.4 Å². The second kappa shape index (κ2) is 18.3. The Hall–Kier alpha value is -5.00. The van der Waals surface area contributed by atoms with Crippen molar-refractivity contribution >= 4 is 19.7 Å². The summed E-state index contributed by atoms with van der Waals surface area (Å²) in [6.07, 6.45) is -4.34. The number of benzene rings is 1. The van der Waals surface area contributed by atoms with Gasteiger partial charge in [0.2, 0.25) is 12.5 Å². The van der Waals surface area contributed by atoms with Crippen molar-refractivity contribution in [2.75, 3.05) is 26.4 Å². The van der Waals surface area contributed by atoms with Gasteiger partial charge >= 0.3 is 25.2 Å². The highest BCUT2D eigenvalue weighted by molar-refractivity contribution is 7.48. The van der Waals surface area contributed by atoms with E-state index in [1.165, 1.54) is 31.8 Å². The number of carbonyl (C=O) groups is 2. The Kier molecular flexibility index (Phi) is 13.6. The van der Waals surface area contributed by atoms with Crippen LogP contribution < -0.4 is 27.8 Å². The molecule has 0 aliphatic carbocycles. The number of fused-ring (bicyclic) bond motifs is 2. The lowest BCUT2D eigenvalue weighted by Crippen LogP contribution is -2.42. The van der Waals surface area contributed by atoms with E-state index in [9.17, 15) is 33.3 Å². The number of phosphoric acid groups is 1. The molecule has 3 aliphatic rings. The van der Waals surface area contributed by atoms with Gasteiger partial charge in [-0.3, -0.25) is 51.9 Å². The van der Waals surface area contributed by atoms with Crippen molar-refractivity contribution in [3.8, 4) is 0 Å². The molecule has 6 rings (SSSR count). The van der Waals surface area contributed by atoms with Gasteiger partial charge in [-0.2, -0.15) is 0 Å². The van der Waals surface area contributed by atoms with Crippen LogP contribution in [0.15, 0.2) is 43.7 Å². The Morgan fingerprint density at radius 1 is 0.967 bits per heavy atom. The first kappa shape index (κ1) is 44.5. The molecule has 324 valence electrons. The van der Waals surface area contributed by atoms with Gasteiger partial charge in [0.25, 0.3) is 11.1 Å². The monoisotopic (exact) mass is 856 g/mol. The van der Waals surface area contributed by atoms with Crippen LogP contribution in [0, 0.1) is 41.2 Å². The lowest BCUT2D eigenvalue weighted by Gasteiger charge is -2.31. The molecule has 5 heterocycles. The van der Waals surface area contributed by atoms with Gasteiger partial charge in [0.05, 0.1) is 19.6 Å². The molecular formula is C39H49N6O14P. The van der Waals surface area contributed by atoms with Crippen molar-refractivity contribution in [3.63, 3.8) is 0 Å². The second-order valence-electron chi connectivity index (χ2n) is 15.2. The molecule has 2 bridgehead atoms. The third kappa shape index (κ3) is 9.63. The zero-order valence-corrected chi connectivity index (χ0v) is 35.0. The molecule has 60 heavy (non-hydrogen) atoms. The van der Waals surface area contributed by atoms with Gasteiger partial charge in [-0.25, -0.2) is 20.7 Å². The van der Waals surface area contributed by atoms with Crippen LogP contribution in [-0.2, 0) is 53.2 Å². The molecule has 2 aromatic heterocycles. The van der Waals surface area contributed by atoms with Crippen LogP contribution in [0.25, 0.3) is 4.85 Å². The number of phosphoric ester groups is 1. The summed E-state index contributed by atoms with van der Waals surface area (Å²) in [6, 6.07) is 3.97. The summed E-state index contributed by atoms with van der Waals surface area (Å²) in [5, 5.41) is 2.81. The van der Waals surface area contributed by atoms with E-state index in [4.69, 9.17) is 39.1 Å². The summed E-state index contributed by atoms with van der Waals surface area (Å²) in [6.45, 7) is 17.1. The number of rotatable bonds is 17. The van der Waals surface area contributed by atoms with Crippen molar-refractivity contribution in [3.05, 3.63) is 111 Å². The van der Waals surface area contributed by atoms with Gasteiger partial charge in [-0.1, -0.05) is 19.1 Å². The van der Waals surface area contributed by atoms with E-state index in [0.717, 1.165) is 25.8 Å². The maximum atomic E-state index is 14.5. The predicted molar refractivity (Wildman–Crippen MR) is 211 cm³/mol. The third-order valence-corrected chi connectivity index (χ3v) is 12.5. The molecule has 3 aromatic rings. The van der Waals surface area contributed by atoms with Crippen molar-refractivity contribution in [2.45, 2.75) is 116 Å². The van der Waals surface area contributed by atoms with Crippen LogP contribution in [0.5, 0.6) is 0 Å². The maximum absolute atomic E-state index is 14.5. The van der Waals surface area contributed by atoms with Crippen LogP contribution in [0.1, 0.15) is 78.4 Å². The molecule has 1 aromatic carbocycles. The number of hydrogen-bond acceptors (Lipinski definition) is 14. The highest BCUT2D eigenvalue weighted by atomic mass is 31.2. The van der Waals surface area contributed by atoms with Crippen molar-refractivity contribution in [1.82, 2.24) is 24.4 Å². The molecule has 0 radical (unpaired) electrons. The average molecular weight is 857 g/mol. The molecule has 3 N–H and O–H groups in total. The summed E-state index contributed by atoms with van der Waals surface area (Å²) in [5.41, 5.74) is 0.756.